The Labute approximate surface area is 126 Å². The van der Waals surface area contributed by atoms with Gasteiger partial charge in [0.2, 0.25) is 0 Å². The summed E-state index contributed by atoms with van der Waals surface area (Å²) in [4.78, 5) is 8.57. The lowest BCUT2D eigenvalue weighted by atomic mass is 10.1. The summed E-state index contributed by atoms with van der Waals surface area (Å²) >= 11 is 0. The van der Waals surface area contributed by atoms with E-state index < -0.39 is 0 Å². The van der Waals surface area contributed by atoms with Crippen molar-refractivity contribution in [3.63, 3.8) is 0 Å². The van der Waals surface area contributed by atoms with Crippen LogP contribution in [0.15, 0.2) is 48.7 Å². The van der Waals surface area contributed by atoms with Crippen LogP contribution in [0.25, 0.3) is 22.5 Å². The molecule has 0 amide bonds. The van der Waals surface area contributed by atoms with E-state index in [1.54, 1.807) is 30.3 Å². The Balaban J connectivity index is 2.10. The van der Waals surface area contributed by atoms with E-state index in [2.05, 4.69) is 9.97 Å². The van der Waals surface area contributed by atoms with Crippen molar-refractivity contribution in [2.45, 2.75) is 0 Å². The van der Waals surface area contributed by atoms with Crippen LogP contribution in [-0.2, 0) is 0 Å². The van der Waals surface area contributed by atoms with Gasteiger partial charge in [0.15, 0.2) is 11.5 Å². The zero-order chi connectivity index (χ0) is 15.7. The number of hydrogen-bond acceptors (Lipinski definition) is 6. The predicted octanol–water partition coefficient (Wildman–Crippen LogP) is 2.51. The first kappa shape index (κ1) is 13.7. The zero-order valence-electron chi connectivity index (χ0n) is 11.4. The maximum atomic E-state index is 9.60. The second kappa shape index (κ2) is 5.25. The van der Waals surface area contributed by atoms with Crippen molar-refractivity contribution in [3.05, 3.63) is 48.7 Å². The van der Waals surface area contributed by atoms with Crippen LogP contribution in [0.2, 0.25) is 0 Å². The average Bonchev–Trinajstić information content (AvgIpc) is 2.51. The number of anilines is 1. The first-order valence-corrected chi connectivity index (χ1v) is 6.49. The second-order valence-corrected chi connectivity index (χ2v) is 4.74. The van der Waals surface area contributed by atoms with Crippen LogP contribution in [0.5, 0.6) is 17.2 Å². The third-order valence-electron chi connectivity index (χ3n) is 3.21. The molecule has 1 aromatic heterocycles. The lowest BCUT2D eigenvalue weighted by molar-refractivity contribution is 0.404. The van der Waals surface area contributed by atoms with Crippen molar-refractivity contribution in [2.75, 3.05) is 5.73 Å². The molecule has 0 saturated carbocycles. The van der Waals surface area contributed by atoms with E-state index in [0.717, 1.165) is 5.56 Å². The molecular weight excluding hydrogens is 282 g/mol. The van der Waals surface area contributed by atoms with Gasteiger partial charge < -0.3 is 21.1 Å². The Hall–Kier alpha value is -3.28. The highest BCUT2D eigenvalue weighted by molar-refractivity contribution is 5.74. The van der Waals surface area contributed by atoms with Gasteiger partial charge in [0.1, 0.15) is 17.3 Å². The number of aromatic nitrogens is 2. The summed E-state index contributed by atoms with van der Waals surface area (Å²) in [5.41, 5.74) is 8.15. The van der Waals surface area contributed by atoms with E-state index in [4.69, 9.17) is 5.73 Å². The Bertz CT molecular complexity index is 833. The van der Waals surface area contributed by atoms with E-state index in [0.29, 0.717) is 17.0 Å². The van der Waals surface area contributed by atoms with Crippen molar-refractivity contribution in [2.24, 2.45) is 0 Å². The summed E-state index contributed by atoms with van der Waals surface area (Å²) in [6.45, 7) is 0. The highest BCUT2D eigenvalue weighted by Gasteiger charge is 2.11. The van der Waals surface area contributed by atoms with Crippen molar-refractivity contribution < 1.29 is 15.3 Å². The topological polar surface area (TPSA) is 112 Å². The lowest BCUT2D eigenvalue weighted by Crippen LogP contribution is -1.98. The van der Waals surface area contributed by atoms with Gasteiger partial charge >= 0.3 is 0 Å². The number of benzene rings is 2. The fourth-order valence-corrected chi connectivity index (χ4v) is 2.05. The van der Waals surface area contributed by atoms with Crippen LogP contribution in [0.1, 0.15) is 0 Å². The van der Waals surface area contributed by atoms with Crippen molar-refractivity contribution in [1.29, 1.82) is 0 Å². The minimum absolute atomic E-state index is 0.163. The van der Waals surface area contributed by atoms with Gasteiger partial charge in [-0.15, -0.1) is 0 Å². The molecule has 3 aromatic rings. The van der Waals surface area contributed by atoms with Crippen molar-refractivity contribution in [1.82, 2.24) is 9.97 Å². The standard InChI is InChI=1S/C16H13N3O3/c17-16-15(10-3-6-13(21)14(22)7-10)19-12(8-18-16)9-1-4-11(20)5-2-9/h1-8,20-22H,(H2,17,18). The Morgan fingerprint density at radius 3 is 2.18 bits per heavy atom. The number of rotatable bonds is 2. The molecule has 6 heteroatoms. The molecule has 0 atom stereocenters. The van der Waals surface area contributed by atoms with Gasteiger partial charge in [0.05, 0.1) is 11.9 Å². The van der Waals surface area contributed by atoms with E-state index >= 15 is 0 Å². The zero-order valence-corrected chi connectivity index (χ0v) is 11.4. The lowest BCUT2D eigenvalue weighted by Gasteiger charge is -2.08. The molecule has 0 aliphatic heterocycles. The van der Waals surface area contributed by atoms with Crippen LogP contribution in [-0.4, -0.2) is 25.3 Å². The Kier molecular flexibility index (Phi) is 3.27. The molecule has 6 nitrogen and oxygen atoms in total. The summed E-state index contributed by atoms with van der Waals surface area (Å²) in [5, 5.41) is 28.3. The number of phenolic OH excluding ortho intramolecular Hbond substituents is 3. The number of nitrogens with zero attached hydrogens (tertiary/aromatic N) is 2. The van der Waals surface area contributed by atoms with Gasteiger partial charge in [-0.25, -0.2) is 9.97 Å². The molecule has 0 saturated heterocycles. The van der Waals surface area contributed by atoms with Crippen molar-refractivity contribution in [3.8, 4) is 39.8 Å². The van der Waals surface area contributed by atoms with Gasteiger partial charge in [-0.05, 0) is 42.5 Å². The third kappa shape index (κ3) is 2.49. The molecular formula is C16H13N3O3. The normalized spacial score (nSPS) is 10.5. The monoisotopic (exact) mass is 295 g/mol. The van der Waals surface area contributed by atoms with Gasteiger partial charge in [-0.3, -0.25) is 0 Å². The molecule has 5 N–H and O–H groups in total. The van der Waals surface area contributed by atoms with Gasteiger partial charge in [0, 0.05) is 11.1 Å². The van der Waals surface area contributed by atoms with Gasteiger partial charge in [-0.1, -0.05) is 0 Å². The summed E-state index contributed by atoms with van der Waals surface area (Å²) in [6.07, 6.45) is 1.53. The van der Waals surface area contributed by atoms with E-state index in [1.807, 2.05) is 0 Å². The van der Waals surface area contributed by atoms with Crippen LogP contribution in [0.3, 0.4) is 0 Å². The smallest absolute Gasteiger partial charge is 0.158 e. The van der Waals surface area contributed by atoms with Gasteiger partial charge in [-0.2, -0.15) is 0 Å². The fraction of sp³-hybridized carbons (Fsp3) is 0. The second-order valence-electron chi connectivity index (χ2n) is 4.74. The molecule has 2 aromatic carbocycles. The molecule has 0 aliphatic rings. The molecule has 3 rings (SSSR count). The third-order valence-corrected chi connectivity index (χ3v) is 3.21. The number of nitrogen functional groups attached to an aromatic ring is 1. The molecule has 0 unspecified atom stereocenters. The van der Waals surface area contributed by atoms with Crippen LogP contribution in [0, 0.1) is 0 Å². The molecule has 0 aliphatic carbocycles. The van der Waals surface area contributed by atoms with Crippen LogP contribution < -0.4 is 5.73 Å². The number of aromatic hydroxyl groups is 3. The first-order valence-electron chi connectivity index (χ1n) is 6.49. The average molecular weight is 295 g/mol. The molecule has 22 heavy (non-hydrogen) atoms. The predicted molar refractivity (Wildman–Crippen MR) is 82.3 cm³/mol. The summed E-state index contributed by atoms with van der Waals surface area (Å²) < 4.78 is 0. The van der Waals surface area contributed by atoms with Crippen LogP contribution in [0.4, 0.5) is 5.82 Å². The summed E-state index contributed by atoms with van der Waals surface area (Å²) in [7, 11) is 0. The maximum absolute atomic E-state index is 9.60. The largest absolute Gasteiger partial charge is 0.508 e. The van der Waals surface area contributed by atoms with Gasteiger partial charge in [0.25, 0.3) is 0 Å². The number of phenols is 3. The Morgan fingerprint density at radius 1 is 0.818 bits per heavy atom. The Morgan fingerprint density at radius 2 is 1.50 bits per heavy atom. The van der Waals surface area contributed by atoms with Crippen LogP contribution >= 0.6 is 0 Å². The molecule has 110 valence electrons. The number of nitrogens with two attached hydrogens (primary N) is 1. The van der Waals surface area contributed by atoms with Crippen molar-refractivity contribution >= 4 is 5.82 Å². The quantitative estimate of drug-likeness (QED) is 0.540. The van der Waals surface area contributed by atoms with E-state index in [1.165, 1.54) is 18.3 Å². The highest BCUT2D eigenvalue weighted by Crippen LogP contribution is 2.32. The summed E-state index contributed by atoms with van der Waals surface area (Å²) in [5.74, 6) is -0.0952. The molecule has 0 bridgehead atoms. The summed E-state index contributed by atoms with van der Waals surface area (Å²) in [6, 6.07) is 10.9. The highest BCUT2D eigenvalue weighted by atomic mass is 16.3. The molecule has 0 spiro atoms. The van der Waals surface area contributed by atoms with E-state index in [-0.39, 0.29) is 23.1 Å². The SMILES string of the molecule is Nc1ncc(-c2ccc(O)cc2)nc1-c1ccc(O)c(O)c1. The minimum Gasteiger partial charge on any atom is -0.508 e. The minimum atomic E-state index is -0.256. The number of hydrogen-bond donors (Lipinski definition) is 4. The molecule has 0 fully saturated rings. The van der Waals surface area contributed by atoms with E-state index in [9.17, 15) is 15.3 Å². The first-order chi connectivity index (χ1) is 10.5. The fourth-order valence-electron chi connectivity index (χ4n) is 2.05. The molecule has 1 heterocycles. The molecule has 0 radical (unpaired) electrons. The maximum Gasteiger partial charge on any atom is 0.158 e.